The first-order chi connectivity index (χ1) is 7.80. The SMILES string of the molecule is CCCc1cc(NC(CN)CCC)ncn1. The molecule has 0 aromatic carbocycles. The highest BCUT2D eigenvalue weighted by molar-refractivity contribution is 5.36. The van der Waals surface area contributed by atoms with Crippen molar-refractivity contribution in [2.24, 2.45) is 5.73 Å². The van der Waals surface area contributed by atoms with E-state index in [2.05, 4.69) is 29.1 Å². The standard InChI is InChI=1S/C12H22N4/c1-3-5-10-7-12(15-9-14-10)16-11(8-13)6-4-2/h7,9,11H,3-6,8,13H2,1-2H3,(H,14,15,16). The van der Waals surface area contributed by atoms with Crippen molar-refractivity contribution in [2.75, 3.05) is 11.9 Å². The zero-order valence-electron chi connectivity index (χ0n) is 10.2. The Kier molecular flexibility index (Phi) is 5.78. The Bertz CT molecular complexity index is 301. The van der Waals surface area contributed by atoms with E-state index >= 15 is 0 Å². The number of nitrogens with two attached hydrogens (primary N) is 1. The van der Waals surface area contributed by atoms with Gasteiger partial charge >= 0.3 is 0 Å². The molecule has 1 unspecified atom stereocenters. The maximum absolute atomic E-state index is 5.70. The van der Waals surface area contributed by atoms with E-state index in [0.717, 1.165) is 37.2 Å². The molecule has 0 spiro atoms. The van der Waals surface area contributed by atoms with E-state index in [1.807, 2.05) is 6.07 Å². The molecule has 90 valence electrons. The molecule has 0 fully saturated rings. The second-order valence-electron chi connectivity index (χ2n) is 4.01. The Balaban J connectivity index is 2.60. The first-order valence-corrected chi connectivity index (χ1v) is 6.07. The molecule has 1 rings (SSSR count). The van der Waals surface area contributed by atoms with Gasteiger partial charge < -0.3 is 11.1 Å². The molecule has 1 aromatic rings. The molecular formula is C12H22N4. The molecule has 0 amide bonds. The number of aromatic nitrogens is 2. The van der Waals surface area contributed by atoms with E-state index < -0.39 is 0 Å². The van der Waals surface area contributed by atoms with Crippen LogP contribution in [0.2, 0.25) is 0 Å². The van der Waals surface area contributed by atoms with E-state index in [1.165, 1.54) is 0 Å². The van der Waals surface area contributed by atoms with Crippen LogP contribution in [0.25, 0.3) is 0 Å². The van der Waals surface area contributed by atoms with Crippen molar-refractivity contribution in [2.45, 2.75) is 45.6 Å². The van der Waals surface area contributed by atoms with Crippen molar-refractivity contribution in [1.29, 1.82) is 0 Å². The molecule has 0 bridgehead atoms. The highest BCUT2D eigenvalue weighted by atomic mass is 15.0. The summed E-state index contributed by atoms with van der Waals surface area (Å²) in [6.45, 7) is 4.95. The third-order valence-electron chi connectivity index (χ3n) is 2.50. The summed E-state index contributed by atoms with van der Waals surface area (Å²) in [6.07, 6.45) is 5.92. The normalized spacial score (nSPS) is 12.4. The van der Waals surface area contributed by atoms with Crippen molar-refractivity contribution < 1.29 is 0 Å². The molecule has 3 N–H and O–H groups in total. The predicted molar refractivity (Wildman–Crippen MR) is 67.4 cm³/mol. The van der Waals surface area contributed by atoms with Gasteiger partial charge in [0.15, 0.2) is 0 Å². The fourth-order valence-electron chi connectivity index (χ4n) is 1.68. The zero-order chi connectivity index (χ0) is 11.8. The van der Waals surface area contributed by atoms with E-state index in [0.29, 0.717) is 12.6 Å². The quantitative estimate of drug-likeness (QED) is 0.740. The van der Waals surface area contributed by atoms with Crippen molar-refractivity contribution in [1.82, 2.24) is 9.97 Å². The van der Waals surface area contributed by atoms with Gasteiger partial charge in [0.25, 0.3) is 0 Å². The molecule has 0 saturated heterocycles. The molecular weight excluding hydrogens is 200 g/mol. The summed E-state index contributed by atoms with van der Waals surface area (Å²) >= 11 is 0. The van der Waals surface area contributed by atoms with Crippen molar-refractivity contribution in [3.8, 4) is 0 Å². The van der Waals surface area contributed by atoms with Gasteiger partial charge in [0.1, 0.15) is 12.1 Å². The molecule has 0 saturated carbocycles. The Labute approximate surface area is 97.7 Å². The zero-order valence-corrected chi connectivity index (χ0v) is 10.2. The molecule has 0 aliphatic heterocycles. The lowest BCUT2D eigenvalue weighted by Crippen LogP contribution is -2.29. The summed E-state index contributed by atoms with van der Waals surface area (Å²) in [5, 5.41) is 3.35. The summed E-state index contributed by atoms with van der Waals surface area (Å²) in [5.74, 6) is 0.891. The third-order valence-corrected chi connectivity index (χ3v) is 2.50. The van der Waals surface area contributed by atoms with Gasteiger partial charge in [-0.3, -0.25) is 0 Å². The maximum Gasteiger partial charge on any atom is 0.129 e. The van der Waals surface area contributed by atoms with Crippen LogP contribution in [0.4, 0.5) is 5.82 Å². The second kappa shape index (κ2) is 7.17. The van der Waals surface area contributed by atoms with Crippen LogP contribution < -0.4 is 11.1 Å². The fraction of sp³-hybridized carbons (Fsp3) is 0.667. The number of hydrogen-bond donors (Lipinski definition) is 2. The Morgan fingerprint density at radius 2 is 2.12 bits per heavy atom. The number of hydrogen-bond acceptors (Lipinski definition) is 4. The van der Waals surface area contributed by atoms with Gasteiger partial charge in [0.05, 0.1) is 0 Å². The van der Waals surface area contributed by atoms with Crippen LogP contribution in [0.15, 0.2) is 12.4 Å². The van der Waals surface area contributed by atoms with E-state index in [-0.39, 0.29) is 0 Å². The van der Waals surface area contributed by atoms with Crippen LogP contribution in [0, 0.1) is 0 Å². The van der Waals surface area contributed by atoms with Gasteiger partial charge in [-0.1, -0.05) is 26.7 Å². The molecule has 0 radical (unpaired) electrons. The number of anilines is 1. The summed E-state index contributed by atoms with van der Waals surface area (Å²) in [7, 11) is 0. The summed E-state index contributed by atoms with van der Waals surface area (Å²) in [6, 6.07) is 2.33. The molecule has 4 nitrogen and oxygen atoms in total. The predicted octanol–water partition coefficient (Wildman–Crippen LogP) is 1.97. The molecule has 16 heavy (non-hydrogen) atoms. The highest BCUT2D eigenvalue weighted by Crippen LogP contribution is 2.09. The molecule has 1 heterocycles. The fourth-order valence-corrected chi connectivity index (χ4v) is 1.68. The van der Waals surface area contributed by atoms with Crippen molar-refractivity contribution >= 4 is 5.82 Å². The Morgan fingerprint density at radius 3 is 2.75 bits per heavy atom. The first kappa shape index (κ1) is 12.9. The van der Waals surface area contributed by atoms with Gasteiger partial charge in [-0.25, -0.2) is 9.97 Å². The summed E-state index contributed by atoms with van der Waals surface area (Å²) in [4.78, 5) is 8.44. The molecule has 0 aliphatic rings. The minimum Gasteiger partial charge on any atom is -0.366 e. The number of aryl methyl sites for hydroxylation is 1. The van der Waals surface area contributed by atoms with E-state index in [1.54, 1.807) is 6.33 Å². The van der Waals surface area contributed by atoms with Gasteiger partial charge in [0, 0.05) is 24.3 Å². The average molecular weight is 222 g/mol. The smallest absolute Gasteiger partial charge is 0.129 e. The van der Waals surface area contributed by atoms with E-state index in [9.17, 15) is 0 Å². The maximum atomic E-state index is 5.70. The van der Waals surface area contributed by atoms with Crippen LogP contribution >= 0.6 is 0 Å². The van der Waals surface area contributed by atoms with Crippen LogP contribution in [0.1, 0.15) is 38.8 Å². The lowest BCUT2D eigenvalue weighted by molar-refractivity contribution is 0.645. The largest absolute Gasteiger partial charge is 0.366 e. The topological polar surface area (TPSA) is 63.8 Å². The Morgan fingerprint density at radius 1 is 1.31 bits per heavy atom. The molecule has 4 heteroatoms. The number of rotatable bonds is 7. The minimum absolute atomic E-state index is 0.314. The average Bonchev–Trinajstić information content (AvgIpc) is 2.29. The highest BCUT2D eigenvalue weighted by Gasteiger charge is 2.06. The van der Waals surface area contributed by atoms with Crippen LogP contribution in [-0.4, -0.2) is 22.6 Å². The lowest BCUT2D eigenvalue weighted by Gasteiger charge is -2.16. The van der Waals surface area contributed by atoms with Crippen molar-refractivity contribution in [3.05, 3.63) is 18.1 Å². The van der Waals surface area contributed by atoms with Gasteiger partial charge in [-0.2, -0.15) is 0 Å². The molecule has 0 aliphatic carbocycles. The number of nitrogens with zero attached hydrogens (tertiary/aromatic N) is 2. The Hall–Kier alpha value is -1.16. The van der Waals surface area contributed by atoms with Gasteiger partial charge in [-0.05, 0) is 12.8 Å². The van der Waals surface area contributed by atoms with Crippen LogP contribution in [0.3, 0.4) is 0 Å². The molecule has 1 atom stereocenters. The summed E-state index contributed by atoms with van der Waals surface area (Å²) < 4.78 is 0. The van der Waals surface area contributed by atoms with E-state index in [4.69, 9.17) is 5.73 Å². The van der Waals surface area contributed by atoms with Gasteiger partial charge in [0.2, 0.25) is 0 Å². The molecule has 1 aromatic heterocycles. The van der Waals surface area contributed by atoms with Gasteiger partial charge in [-0.15, -0.1) is 0 Å². The third kappa shape index (κ3) is 4.14. The van der Waals surface area contributed by atoms with Crippen LogP contribution in [0.5, 0.6) is 0 Å². The summed E-state index contributed by atoms with van der Waals surface area (Å²) in [5.41, 5.74) is 6.79. The first-order valence-electron chi connectivity index (χ1n) is 6.07. The lowest BCUT2D eigenvalue weighted by atomic mass is 10.1. The minimum atomic E-state index is 0.314. The van der Waals surface area contributed by atoms with Crippen molar-refractivity contribution in [3.63, 3.8) is 0 Å². The van der Waals surface area contributed by atoms with Crippen LogP contribution in [-0.2, 0) is 6.42 Å². The monoisotopic (exact) mass is 222 g/mol. The second-order valence-corrected chi connectivity index (χ2v) is 4.01. The number of nitrogens with one attached hydrogen (secondary N) is 1.